The summed E-state index contributed by atoms with van der Waals surface area (Å²) < 4.78 is 5.29. The maximum atomic E-state index is 8.72. The Balaban J connectivity index is 2.58. The first-order chi connectivity index (χ1) is 8.15. The van der Waals surface area contributed by atoms with Gasteiger partial charge in [0.25, 0.3) is 0 Å². The van der Waals surface area contributed by atoms with Gasteiger partial charge in [0.1, 0.15) is 11.8 Å². The molecule has 0 atom stereocenters. The molecule has 2 aromatic rings. The van der Waals surface area contributed by atoms with Crippen LogP contribution in [0.1, 0.15) is 11.4 Å². The second-order valence-electron chi connectivity index (χ2n) is 3.56. The summed E-state index contributed by atoms with van der Waals surface area (Å²) in [7, 11) is 1.59. The fourth-order valence-electron chi connectivity index (χ4n) is 1.55. The Hall–Kier alpha value is -1.99. The lowest BCUT2D eigenvalue weighted by atomic mass is 10.1. The van der Waals surface area contributed by atoms with Crippen LogP contribution in [0, 0.1) is 18.3 Å². The topological polar surface area (TPSA) is 61.7 Å². The molecule has 1 aromatic heterocycles. The zero-order valence-electron chi connectivity index (χ0n) is 9.41. The number of halogens is 1. The summed E-state index contributed by atoms with van der Waals surface area (Å²) >= 11 is 6.08. The number of benzene rings is 1. The molecule has 0 radical (unpaired) electrons. The quantitative estimate of drug-likeness (QED) is 0.888. The predicted molar refractivity (Wildman–Crippen MR) is 65.0 cm³/mol. The lowest BCUT2D eigenvalue weighted by molar-refractivity contribution is 0.416. The number of hydrogen-bond donors (Lipinski definition) is 1. The molecule has 1 N–H and O–H groups in total. The van der Waals surface area contributed by atoms with Gasteiger partial charge in [-0.3, -0.25) is 0 Å². The average Bonchev–Trinajstić information content (AvgIpc) is 2.80. The largest absolute Gasteiger partial charge is 0.496 e. The number of imidazole rings is 1. The van der Waals surface area contributed by atoms with Crippen molar-refractivity contribution >= 4 is 11.6 Å². The number of hydrogen-bond acceptors (Lipinski definition) is 3. The van der Waals surface area contributed by atoms with Crippen molar-refractivity contribution in [1.29, 1.82) is 5.26 Å². The highest BCUT2D eigenvalue weighted by Crippen LogP contribution is 2.33. The Bertz CT molecular complexity index is 598. The van der Waals surface area contributed by atoms with Gasteiger partial charge >= 0.3 is 0 Å². The molecular weight excluding hydrogens is 238 g/mol. The first-order valence-electron chi connectivity index (χ1n) is 4.95. The molecule has 5 heteroatoms. The molecule has 0 saturated heterocycles. The molecule has 0 aliphatic rings. The molecular formula is C12H10ClN3O. The van der Waals surface area contributed by atoms with Crippen LogP contribution < -0.4 is 4.74 Å². The number of nitriles is 1. The van der Waals surface area contributed by atoms with E-state index in [4.69, 9.17) is 21.6 Å². The molecule has 0 amide bonds. The maximum Gasteiger partial charge on any atom is 0.210 e. The average molecular weight is 248 g/mol. The fourth-order valence-corrected chi connectivity index (χ4v) is 1.71. The monoisotopic (exact) mass is 247 g/mol. The van der Waals surface area contributed by atoms with Gasteiger partial charge in [-0.1, -0.05) is 11.6 Å². The molecule has 0 aliphatic heterocycles. The molecule has 0 bridgehead atoms. The second-order valence-corrected chi connectivity index (χ2v) is 3.97. The molecule has 0 unspecified atom stereocenters. The number of ether oxygens (including phenoxy) is 1. The number of rotatable bonds is 2. The third-order valence-corrected chi connectivity index (χ3v) is 2.86. The van der Waals surface area contributed by atoms with E-state index in [0.717, 1.165) is 11.1 Å². The van der Waals surface area contributed by atoms with E-state index < -0.39 is 0 Å². The first-order valence-corrected chi connectivity index (χ1v) is 5.33. The maximum absolute atomic E-state index is 8.72. The molecule has 17 heavy (non-hydrogen) atoms. The highest BCUT2D eigenvalue weighted by atomic mass is 35.5. The van der Waals surface area contributed by atoms with Gasteiger partial charge in [-0.05, 0) is 24.6 Å². The normalized spacial score (nSPS) is 10.0. The molecule has 0 fully saturated rings. The predicted octanol–water partition coefficient (Wildman–Crippen LogP) is 2.92. The molecule has 2 rings (SSSR count). The van der Waals surface area contributed by atoms with Crippen molar-refractivity contribution in [2.24, 2.45) is 0 Å². The molecule has 1 heterocycles. The summed E-state index contributed by atoms with van der Waals surface area (Å²) in [5.41, 5.74) is 2.43. The Morgan fingerprint density at radius 2 is 2.24 bits per heavy atom. The van der Waals surface area contributed by atoms with Crippen LogP contribution >= 0.6 is 11.6 Å². The zero-order chi connectivity index (χ0) is 12.4. The Morgan fingerprint density at radius 3 is 2.82 bits per heavy atom. The second kappa shape index (κ2) is 4.48. The SMILES string of the molecule is COc1cc(C)c(Cl)cc1-c1cnc(C#N)[nH]1. The first kappa shape index (κ1) is 11.5. The summed E-state index contributed by atoms with van der Waals surface area (Å²) in [6.45, 7) is 1.91. The van der Waals surface area contributed by atoms with Gasteiger partial charge in [0.15, 0.2) is 0 Å². The van der Waals surface area contributed by atoms with E-state index in [0.29, 0.717) is 16.5 Å². The van der Waals surface area contributed by atoms with Gasteiger partial charge in [-0.25, -0.2) is 4.98 Å². The third-order valence-electron chi connectivity index (χ3n) is 2.45. The smallest absolute Gasteiger partial charge is 0.210 e. The van der Waals surface area contributed by atoms with Gasteiger partial charge in [-0.2, -0.15) is 5.26 Å². The van der Waals surface area contributed by atoms with Gasteiger partial charge in [-0.15, -0.1) is 0 Å². The number of methoxy groups -OCH3 is 1. The number of H-pyrrole nitrogens is 1. The van der Waals surface area contributed by atoms with E-state index in [-0.39, 0.29) is 5.82 Å². The minimum absolute atomic E-state index is 0.263. The standard InChI is InChI=1S/C12H10ClN3O/c1-7-3-11(17-2)8(4-9(7)13)10-6-15-12(5-14)16-10/h3-4,6H,1-2H3,(H,15,16). The molecule has 1 aromatic carbocycles. The van der Waals surface area contributed by atoms with Crippen molar-refractivity contribution in [2.45, 2.75) is 6.92 Å². The number of nitrogens with one attached hydrogen (secondary N) is 1. The van der Waals surface area contributed by atoms with Gasteiger partial charge in [0, 0.05) is 10.6 Å². The lowest BCUT2D eigenvalue weighted by Crippen LogP contribution is -1.90. The highest BCUT2D eigenvalue weighted by Gasteiger charge is 2.11. The van der Waals surface area contributed by atoms with Gasteiger partial charge in [0.05, 0.1) is 19.0 Å². The minimum Gasteiger partial charge on any atom is -0.496 e. The molecule has 0 aliphatic carbocycles. The van der Waals surface area contributed by atoms with Crippen LogP contribution in [0.4, 0.5) is 0 Å². The van der Waals surface area contributed by atoms with Crippen LogP contribution in [0.25, 0.3) is 11.3 Å². The molecule has 0 spiro atoms. The summed E-state index contributed by atoms with van der Waals surface area (Å²) in [5.74, 6) is 0.957. The minimum atomic E-state index is 0.263. The van der Waals surface area contributed by atoms with Crippen molar-refractivity contribution in [2.75, 3.05) is 7.11 Å². The van der Waals surface area contributed by atoms with E-state index in [9.17, 15) is 0 Å². The van der Waals surface area contributed by atoms with Crippen LogP contribution in [0.2, 0.25) is 5.02 Å². The summed E-state index contributed by atoms with van der Waals surface area (Å²) in [4.78, 5) is 6.81. The number of nitrogens with zero attached hydrogens (tertiary/aromatic N) is 2. The number of aromatic amines is 1. The van der Waals surface area contributed by atoms with E-state index >= 15 is 0 Å². The van der Waals surface area contributed by atoms with Gasteiger partial charge < -0.3 is 9.72 Å². The summed E-state index contributed by atoms with van der Waals surface area (Å²) in [5, 5.41) is 9.37. The number of aromatic nitrogens is 2. The summed E-state index contributed by atoms with van der Waals surface area (Å²) in [6, 6.07) is 5.59. The van der Waals surface area contributed by atoms with Crippen molar-refractivity contribution in [3.8, 4) is 23.1 Å². The van der Waals surface area contributed by atoms with Crippen LogP contribution in [0.3, 0.4) is 0 Å². The van der Waals surface area contributed by atoms with E-state index in [1.807, 2.05) is 19.1 Å². The molecule has 4 nitrogen and oxygen atoms in total. The summed E-state index contributed by atoms with van der Waals surface area (Å²) in [6.07, 6.45) is 1.59. The Kier molecular flexibility index (Phi) is 3.03. The Labute approximate surface area is 104 Å². The van der Waals surface area contributed by atoms with Crippen molar-refractivity contribution in [3.05, 3.63) is 34.7 Å². The van der Waals surface area contributed by atoms with Crippen LogP contribution in [-0.4, -0.2) is 17.1 Å². The van der Waals surface area contributed by atoms with Crippen molar-refractivity contribution in [1.82, 2.24) is 9.97 Å². The van der Waals surface area contributed by atoms with Crippen LogP contribution in [0.5, 0.6) is 5.75 Å². The highest BCUT2D eigenvalue weighted by molar-refractivity contribution is 6.31. The third kappa shape index (κ3) is 2.10. The van der Waals surface area contributed by atoms with E-state index in [1.165, 1.54) is 0 Å². The number of aryl methyl sites for hydroxylation is 1. The van der Waals surface area contributed by atoms with Crippen molar-refractivity contribution < 1.29 is 4.74 Å². The van der Waals surface area contributed by atoms with E-state index in [2.05, 4.69) is 9.97 Å². The zero-order valence-corrected chi connectivity index (χ0v) is 10.2. The Morgan fingerprint density at radius 1 is 1.47 bits per heavy atom. The lowest BCUT2D eigenvalue weighted by Gasteiger charge is -2.09. The fraction of sp³-hybridized carbons (Fsp3) is 0.167. The van der Waals surface area contributed by atoms with Crippen LogP contribution in [0.15, 0.2) is 18.3 Å². The molecule has 0 saturated carbocycles. The molecule has 86 valence electrons. The van der Waals surface area contributed by atoms with Gasteiger partial charge in [0.2, 0.25) is 5.82 Å². The van der Waals surface area contributed by atoms with Crippen LogP contribution in [-0.2, 0) is 0 Å². The van der Waals surface area contributed by atoms with Crippen molar-refractivity contribution in [3.63, 3.8) is 0 Å². The van der Waals surface area contributed by atoms with E-state index in [1.54, 1.807) is 19.4 Å².